The van der Waals surface area contributed by atoms with Crippen molar-refractivity contribution in [2.45, 2.75) is 50.7 Å². The van der Waals surface area contributed by atoms with Crippen LogP contribution in [0, 0.1) is 6.92 Å². The van der Waals surface area contributed by atoms with Crippen molar-refractivity contribution in [1.82, 2.24) is 0 Å². The summed E-state index contributed by atoms with van der Waals surface area (Å²) in [6.45, 7) is 2.18. The Labute approximate surface area is 137 Å². The lowest BCUT2D eigenvalue weighted by Gasteiger charge is -2.41. The summed E-state index contributed by atoms with van der Waals surface area (Å²) in [6.07, 6.45) is 6.50. The van der Waals surface area contributed by atoms with Gasteiger partial charge in [0.05, 0.1) is 40.2 Å². The van der Waals surface area contributed by atoms with Gasteiger partial charge >= 0.3 is 0 Å². The maximum atomic E-state index is 5.52. The van der Waals surface area contributed by atoms with E-state index in [1.165, 1.54) is 53.4 Å². The molecule has 0 saturated heterocycles. The number of halogens is 2. The number of methoxy groups -OCH3 is 1. The number of aryl methyl sites for hydroxylation is 1. The van der Waals surface area contributed by atoms with Crippen LogP contribution in [0.4, 0.5) is 5.69 Å². The number of rotatable bonds is 1. The lowest BCUT2D eigenvalue weighted by molar-refractivity contribution is 0.0531. The van der Waals surface area contributed by atoms with Crippen LogP contribution in [0.3, 0.4) is 0 Å². The van der Waals surface area contributed by atoms with E-state index in [0.29, 0.717) is 11.6 Å². The lowest BCUT2D eigenvalue weighted by atomic mass is 9.78. The molecule has 0 amide bonds. The van der Waals surface area contributed by atoms with E-state index in [2.05, 4.69) is 61.0 Å². The summed E-state index contributed by atoms with van der Waals surface area (Å²) in [4.78, 5) is 0. The molecule has 3 rings (SSSR count). The van der Waals surface area contributed by atoms with Crippen molar-refractivity contribution in [3.63, 3.8) is 0 Å². The van der Waals surface area contributed by atoms with E-state index in [4.69, 9.17) is 4.74 Å². The van der Waals surface area contributed by atoms with Crippen LogP contribution in [0.2, 0.25) is 0 Å². The minimum absolute atomic E-state index is 0.325. The molecule has 2 aliphatic rings. The molecule has 1 saturated carbocycles. The number of benzene rings is 1. The fraction of sp³-hybridized carbons (Fsp3) is 0.600. The number of hydrogen-bond acceptors (Lipinski definition) is 2. The standard InChI is InChI=1S/C15H19BrINO/c1-10-7-11-9-15(5-3-12(19-2)4-6-15)18(17)14(11)8-13(10)16/h7-8,12H,3-6,9H2,1-2H3. The quantitative estimate of drug-likeness (QED) is 0.464. The van der Waals surface area contributed by atoms with E-state index in [1.54, 1.807) is 0 Å². The minimum atomic E-state index is 0.325. The third-order valence-corrected chi connectivity index (χ3v) is 7.10. The zero-order valence-corrected chi connectivity index (χ0v) is 15.1. The highest BCUT2D eigenvalue weighted by atomic mass is 127. The fourth-order valence-electron chi connectivity index (χ4n) is 3.47. The first-order chi connectivity index (χ1) is 9.05. The monoisotopic (exact) mass is 435 g/mol. The van der Waals surface area contributed by atoms with Crippen molar-refractivity contribution in [3.8, 4) is 0 Å². The molecule has 1 heterocycles. The Morgan fingerprint density at radius 3 is 2.68 bits per heavy atom. The van der Waals surface area contributed by atoms with Gasteiger partial charge in [0.2, 0.25) is 0 Å². The van der Waals surface area contributed by atoms with Gasteiger partial charge in [-0.3, -0.25) is 0 Å². The van der Waals surface area contributed by atoms with Crippen molar-refractivity contribution >= 4 is 44.5 Å². The van der Waals surface area contributed by atoms with Gasteiger partial charge in [0.25, 0.3) is 0 Å². The summed E-state index contributed by atoms with van der Waals surface area (Å²) in [5, 5.41) is 0. The summed E-state index contributed by atoms with van der Waals surface area (Å²) in [7, 11) is 1.84. The van der Waals surface area contributed by atoms with Crippen molar-refractivity contribution < 1.29 is 4.74 Å². The van der Waals surface area contributed by atoms with Gasteiger partial charge in [-0.1, -0.05) is 22.0 Å². The summed E-state index contributed by atoms with van der Waals surface area (Å²) >= 11 is 6.17. The third kappa shape index (κ3) is 2.33. The first-order valence-corrected chi connectivity index (χ1v) is 8.59. The Morgan fingerprint density at radius 2 is 2.05 bits per heavy atom. The Hall–Kier alpha value is 0.190. The second kappa shape index (κ2) is 5.19. The molecular formula is C15H19BrINO. The lowest BCUT2D eigenvalue weighted by Crippen LogP contribution is -2.45. The van der Waals surface area contributed by atoms with Crippen LogP contribution >= 0.6 is 38.8 Å². The molecule has 0 radical (unpaired) electrons. The SMILES string of the molecule is COC1CCC2(CC1)Cc1cc(C)c(Br)cc1N2I. The van der Waals surface area contributed by atoms with Gasteiger partial charge in [0.15, 0.2) is 0 Å². The molecule has 19 heavy (non-hydrogen) atoms. The molecule has 0 unspecified atom stereocenters. The third-order valence-electron chi connectivity index (χ3n) is 4.70. The summed E-state index contributed by atoms with van der Waals surface area (Å²) < 4.78 is 9.23. The van der Waals surface area contributed by atoms with Gasteiger partial charge in [0, 0.05) is 11.6 Å². The van der Waals surface area contributed by atoms with Gasteiger partial charge < -0.3 is 7.85 Å². The van der Waals surface area contributed by atoms with E-state index >= 15 is 0 Å². The van der Waals surface area contributed by atoms with E-state index in [-0.39, 0.29) is 0 Å². The van der Waals surface area contributed by atoms with Crippen LogP contribution in [0.1, 0.15) is 36.8 Å². The molecule has 1 aromatic carbocycles. The average molecular weight is 436 g/mol. The highest BCUT2D eigenvalue weighted by molar-refractivity contribution is 14.1. The average Bonchev–Trinajstić information content (AvgIpc) is 2.65. The smallest absolute Gasteiger partial charge is 0.0597 e. The molecule has 1 aromatic rings. The first kappa shape index (κ1) is 14.1. The van der Waals surface area contributed by atoms with Gasteiger partial charge in [0.1, 0.15) is 0 Å². The molecule has 0 atom stereocenters. The van der Waals surface area contributed by atoms with E-state index in [0.717, 1.165) is 0 Å². The van der Waals surface area contributed by atoms with Gasteiger partial charge in [-0.2, -0.15) is 0 Å². The molecule has 104 valence electrons. The van der Waals surface area contributed by atoms with Gasteiger partial charge in [-0.25, -0.2) is 0 Å². The number of anilines is 1. The largest absolute Gasteiger partial charge is 0.381 e. The van der Waals surface area contributed by atoms with Crippen LogP contribution < -0.4 is 3.11 Å². The second-order valence-electron chi connectivity index (χ2n) is 5.85. The highest BCUT2D eigenvalue weighted by Gasteiger charge is 2.45. The minimum Gasteiger partial charge on any atom is -0.381 e. The summed E-state index contributed by atoms with van der Waals surface area (Å²) in [5.74, 6) is 0. The van der Waals surface area contributed by atoms with Gasteiger partial charge in [-0.15, -0.1) is 0 Å². The van der Waals surface area contributed by atoms with Crippen LogP contribution in [-0.2, 0) is 11.2 Å². The second-order valence-corrected chi connectivity index (χ2v) is 7.67. The molecule has 1 spiro atoms. The van der Waals surface area contributed by atoms with Crippen LogP contribution in [0.15, 0.2) is 16.6 Å². The molecule has 2 nitrogen and oxygen atoms in total. The molecule has 0 N–H and O–H groups in total. The normalized spacial score (nSPS) is 29.9. The maximum Gasteiger partial charge on any atom is 0.0597 e. The molecule has 0 bridgehead atoms. The van der Waals surface area contributed by atoms with Crippen LogP contribution in [0.5, 0.6) is 0 Å². The van der Waals surface area contributed by atoms with Crippen molar-refractivity contribution in [2.24, 2.45) is 0 Å². The van der Waals surface area contributed by atoms with Crippen molar-refractivity contribution in [3.05, 3.63) is 27.7 Å². The van der Waals surface area contributed by atoms with Crippen LogP contribution in [0.25, 0.3) is 0 Å². The maximum absolute atomic E-state index is 5.52. The number of hydrogen-bond donors (Lipinski definition) is 0. The number of fused-ring (bicyclic) bond motifs is 1. The van der Waals surface area contributed by atoms with Gasteiger partial charge in [-0.05, 0) is 56.2 Å². The Morgan fingerprint density at radius 1 is 1.37 bits per heavy atom. The highest BCUT2D eigenvalue weighted by Crippen LogP contribution is 2.50. The first-order valence-electron chi connectivity index (χ1n) is 6.83. The Balaban J connectivity index is 1.89. The molecule has 0 aromatic heterocycles. The number of ether oxygens (including phenoxy) is 1. The number of nitrogens with zero attached hydrogens (tertiary/aromatic N) is 1. The fourth-order valence-corrected chi connectivity index (χ4v) is 4.91. The van der Waals surface area contributed by atoms with E-state index in [9.17, 15) is 0 Å². The zero-order chi connectivity index (χ0) is 13.6. The molecular weight excluding hydrogens is 417 g/mol. The van der Waals surface area contributed by atoms with Crippen LogP contribution in [-0.4, -0.2) is 18.8 Å². The Kier molecular flexibility index (Phi) is 3.86. The predicted molar refractivity (Wildman–Crippen MR) is 91.1 cm³/mol. The van der Waals surface area contributed by atoms with E-state index in [1.807, 2.05) is 7.11 Å². The molecule has 1 fully saturated rings. The summed E-state index contributed by atoms with van der Waals surface area (Å²) in [5.41, 5.74) is 4.57. The Bertz CT molecular complexity index is 497. The predicted octanol–water partition coefficient (Wildman–Crippen LogP) is 4.80. The molecule has 1 aliphatic carbocycles. The molecule has 1 aliphatic heterocycles. The van der Waals surface area contributed by atoms with Crippen molar-refractivity contribution in [2.75, 3.05) is 10.2 Å². The summed E-state index contributed by atoms with van der Waals surface area (Å²) in [6, 6.07) is 4.64. The zero-order valence-electron chi connectivity index (χ0n) is 11.4. The van der Waals surface area contributed by atoms with Crippen molar-refractivity contribution in [1.29, 1.82) is 0 Å². The van der Waals surface area contributed by atoms with E-state index < -0.39 is 0 Å². The molecule has 4 heteroatoms. The topological polar surface area (TPSA) is 12.5 Å².